The topological polar surface area (TPSA) is 76.5 Å². The van der Waals surface area contributed by atoms with Gasteiger partial charge in [0.15, 0.2) is 0 Å². The van der Waals surface area contributed by atoms with Crippen molar-refractivity contribution in [1.29, 1.82) is 0 Å². The fraction of sp³-hybridized carbons (Fsp3) is 0.400. The second-order valence-electron chi connectivity index (χ2n) is 5.52. The van der Waals surface area contributed by atoms with Gasteiger partial charge in [0.1, 0.15) is 17.7 Å². The van der Waals surface area contributed by atoms with Gasteiger partial charge in [-0.25, -0.2) is 9.37 Å². The molecule has 1 aliphatic heterocycles. The zero-order valence-corrected chi connectivity index (χ0v) is 14.0. The monoisotopic (exact) mass is 354 g/mol. The number of nitrogens with one attached hydrogen (secondary N) is 1. The van der Waals surface area contributed by atoms with Crippen LogP contribution < -0.4 is 4.72 Å². The van der Waals surface area contributed by atoms with E-state index >= 15 is 0 Å². The first-order chi connectivity index (χ1) is 11.5. The maximum absolute atomic E-state index is 13.2. The molecular weight excluding hydrogens is 335 g/mol. The smallest absolute Gasteiger partial charge is 0.280 e. The number of hydrogen-bond donors (Lipinski definition) is 1. The van der Waals surface area contributed by atoms with Gasteiger partial charge >= 0.3 is 0 Å². The van der Waals surface area contributed by atoms with E-state index in [-0.39, 0.29) is 5.82 Å². The molecule has 1 aromatic heterocycles. The molecule has 24 heavy (non-hydrogen) atoms. The first kappa shape index (κ1) is 17.0. The normalized spacial score (nSPS) is 17.8. The lowest BCUT2D eigenvalue weighted by atomic mass is 10.1. The van der Waals surface area contributed by atoms with Crippen LogP contribution in [-0.4, -0.2) is 48.6 Å². The molecule has 2 heterocycles. The number of aryl methyl sites for hydroxylation is 1. The summed E-state index contributed by atoms with van der Waals surface area (Å²) >= 11 is 0. The number of rotatable bonds is 5. The van der Waals surface area contributed by atoms with Crippen molar-refractivity contribution >= 4 is 10.2 Å². The van der Waals surface area contributed by atoms with Gasteiger partial charge < -0.3 is 9.30 Å². The summed E-state index contributed by atoms with van der Waals surface area (Å²) < 4.78 is 49.6. The number of morpholine rings is 1. The third kappa shape index (κ3) is 3.64. The minimum absolute atomic E-state index is 0.298. The molecule has 0 bridgehead atoms. The maximum atomic E-state index is 13.2. The minimum Gasteiger partial charge on any atom is -0.379 e. The van der Waals surface area contributed by atoms with Crippen LogP contribution in [0.4, 0.5) is 4.39 Å². The fourth-order valence-electron chi connectivity index (χ4n) is 2.59. The summed E-state index contributed by atoms with van der Waals surface area (Å²) in [6.07, 6.45) is 3.32. The molecule has 2 aromatic rings. The molecule has 1 atom stereocenters. The van der Waals surface area contributed by atoms with Crippen LogP contribution in [0.5, 0.6) is 0 Å². The van der Waals surface area contributed by atoms with Crippen molar-refractivity contribution in [2.45, 2.75) is 6.04 Å². The van der Waals surface area contributed by atoms with E-state index in [0.29, 0.717) is 37.7 Å². The van der Waals surface area contributed by atoms with Crippen LogP contribution in [0.3, 0.4) is 0 Å². The largest absolute Gasteiger partial charge is 0.379 e. The highest BCUT2D eigenvalue weighted by atomic mass is 32.2. The lowest BCUT2D eigenvalue weighted by Gasteiger charge is -2.28. The fourth-order valence-corrected chi connectivity index (χ4v) is 3.91. The van der Waals surface area contributed by atoms with Gasteiger partial charge in [-0.2, -0.15) is 17.4 Å². The predicted molar refractivity (Wildman–Crippen MR) is 85.9 cm³/mol. The van der Waals surface area contributed by atoms with Crippen LogP contribution >= 0.6 is 0 Å². The first-order valence-corrected chi connectivity index (χ1v) is 8.99. The van der Waals surface area contributed by atoms with Gasteiger partial charge in [0.2, 0.25) is 0 Å². The van der Waals surface area contributed by atoms with Crippen LogP contribution in [0, 0.1) is 5.82 Å². The van der Waals surface area contributed by atoms with E-state index in [9.17, 15) is 12.8 Å². The standard InChI is InChI=1S/C15H19FN4O3S/c1-19-7-6-17-15(19)14(12-2-4-13(16)5-3-12)18-24(21,22)20-8-10-23-11-9-20/h2-7,14,18H,8-11H2,1H3. The van der Waals surface area contributed by atoms with Crippen LogP contribution in [0.15, 0.2) is 36.7 Å². The third-order valence-corrected chi connectivity index (χ3v) is 5.48. The van der Waals surface area contributed by atoms with Gasteiger partial charge in [-0.05, 0) is 17.7 Å². The summed E-state index contributed by atoms with van der Waals surface area (Å²) in [6, 6.07) is 4.99. The first-order valence-electron chi connectivity index (χ1n) is 7.55. The Bertz CT molecular complexity index is 785. The molecule has 0 aliphatic carbocycles. The van der Waals surface area contributed by atoms with E-state index in [4.69, 9.17) is 4.74 Å². The van der Waals surface area contributed by atoms with Crippen molar-refractivity contribution in [1.82, 2.24) is 18.6 Å². The number of hydrogen-bond acceptors (Lipinski definition) is 4. The van der Waals surface area contributed by atoms with E-state index in [1.165, 1.54) is 16.4 Å². The molecule has 0 saturated carbocycles. The molecule has 1 unspecified atom stereocenters. The summed E-state index contributed by atoms with van der Waals surface area (Å²) in [7, 11) is -1.95. The molecule has 3 rings (SSSR count). The molecule has 130 valence electrons. The van der Waals surface area contributed by atoms with Crippen molar-refractivity contribution in [3.8, 4) is 0 Å². The molecule has 7 nitrogen and oxygen atoms in total. The lowest BCUT2D eigenvalue weighted by molar-refractivity contribution is 0.0723. The molecule has 0 radical (unpaired) electrons. The molecule has 1 saturated heterocycles. The number of nitrogens with zero attached hydrogens (tertiary/aromatic N) is 3. The van der Waals surface area contributed by atoms with Gasteiger partial charge in [-0.15, -0.1) is 0 Å². The summed E-state index contributed by atoms with van der Waals surface area (Å²) in [5.41, 5.74) is 0.613. The quantitative estimate of drug-likeness (QED) is 0.862. The van der Waals surface area contributed by atoms with E-state index < -0.39 is 16.3 Å². The summed E-state index contributed by atoms with van der Waals surface area (Å²) in [5.74, 6) is 0.145. The van der Waals surface area contributed by atoms with Crippen LogP contribution in [0.2, 0.25) is 0 Å². The second-order valence-corrected chi connectivity index (χ2v) is 7.22. The van der Waals surface area contributed by atoms with Crippen molar-refractivity contribution in [3.05, 3.63) is 53.9 Å². The van der Waals surface area contributed by atoms with E-state index in [2.05, 4.69) is 9.71 Å². The zero-order valence-electron chi connectivity index (χ0n) is 13.2. The summed E-state index contributed by atoms with van der Waals surface area (Å²) in [6.45, 7) is 1.33. The highest BCUT2D eigenvalue weighted by Gasteiger charge is 2.30. The van der Waals surface area contributed by atoms with Gasteiger partial charge in [-0.3, -0.25) is 0 Å². The van der Waals surface area contributed by atoms with Crippen molar-refractivity contribution in [2.24, 2.45) is 7.05 Å². The Kier molecular flexibility index (Phi) is 4.95. The maximum Gasteiger partial charge on any atom is 0.280 e. The molecule has 1 fully saturated rings. The Balaban J connectivity index is 1.93. The number of benzene rings is 1. The Labute approximate surface area is 140 Å². The number of halogens is 1. The Morgan fingerprint density at radius 2 is 1.92 bits per heavy atom. The molecule has 1 aliphatic rings. The van der Waals surface area contributed by atoms with Crippen molar-refractivity contribution in [3.63, 3.8) is 0 Å². The van der Waals surface area contributed by atoms with Gasteiger partial charge in [0.05, 0.1) is 13.2 Å². The van der Waals surface area contributed by atoms with Crippen molar-refractivity contribution < 1.29 is 17.5 Å². The number of aromatic nitrogens is 2. The number of ether oxygens (including phenoxy) is 1. The predicted octanol–water partition coefficient (Wildman–Crippen LogP) is 0.815. The molecular formula is C15H19FN4O3S. The van der Waals surface area contributed by atoms with E-state index in [1.807, 2.05) is 0 Å². The van der Waals surface area contributed by atoms with E-state index in [1.54, 1.807) is 36.1 Å². The van der Waals surface area contributed by atoms with Crippen LogP contribution in [0.25, 0.3) is 0 Å². The summed E-state index contributed by atoms with van der Waals surface area (Å²) in [5, 5.41) is 0. The van der Waals surface area contributed by atoms with Gasteiger partial charge in [-0.1, -0.05) is 12.1 Å². The lowest BCUT2D eigenvalue weighted by Crippen LogP contribution is -2.48. The SMILES string of the molecule is Cn1ccnc1C(NS(=O)(=O)N1CCOCC1)c1ccc(F)cc1. The average Bonchev–Trinajstić information content (AvgIpc) is 3.00. The van der Waals surface area contributed by atoms with Crippen LogP contribution in [-0.2, 0) is 22.0 Å². The Morgan fingerprint density at radius 3 is 2.50 bits per heavy atom. The molecule has 0 spiro atoms. The molecule has 9 heteroatoms. The second kappa shape index (κ2) is 6.98. The van der Waals surface area contributed by atoms with E-state index in [0.717, 1.165) is 0 Å². The third-order valence-electron chi connectivity index (χ3n) is 3.90. The minimum atomic E-state index is -3.73. The molecule has 0 amide bonds. The highest BCUT2D eigenvalue weighted by Crippen LogP contribution is 2.22. The Hall–Kier alpha value is -1.81. The van der Waals surface area contributed by atoms with Crippen LogP contribution in [0.1, 0.15) is 17.4 Å². The highest BCUT2D eigenvalue weighted by molar-refractivity contribution is 7.87. The van der Waals surface area contributed by atoms with Crippen molar-refractivity contribution in [2.75, 3.05) is 26.3 Å². The average molecular weight is 354 g/mol. The summed E-state index contributed by atoms with van der Waals surface area (Å²) in [4.78, 5) is 4.24. The zero-order chi connectivity index (χ0) is 17.2. The Morgan fingerprint density at radius 1 is 1.25 bits per heavy atom. The van der Waals surface area contributed by atoms with Gasteiger partial charge in [0, 0.05) is 32.5 Å². The molecule has 1 N–H and O–H groups in total. The van der Waals surface area contributed by atoms with Gasteiger partial charge in [0.25, 0.3) is 10.2 Å². The molecule has 1 aromatic carbocycles. The number of imidazole rings is 1.